The molecule has 2 rings (SSSR count). The number of aliphatic imine (C=N–C) groups is 1. The van der Waals surface area contributed by atoms with Gasteiger partial charge in [0.05, 0.1) is 6.61 Å². The Morgan fingerprint density at radius 3 is 1.88 bits per heavy atom. The van der Waals surface area contributed by atoms with Crippen LogP contribution in [-0.4, -0.2) is 123 Å². The first-order valence-corrected chi connectivity index (χ1v) is 13.5. The zero-order valence-electron chi connectivity index (χ0n) is 22.7. The third-order valence-electron chi connectivity index (χ3n) is 7.01. The molecule has 230 valence electrons. The standard InChI is InChI=1S/C24H40N8O9/c25-13(12-33)21(38)31-10-2-5-16(31)19(36)29-14(7-8-18(34)35)22(39)32-11-3-6-17(32)20(37)30-15(23(40)41)4-1-9-28-24(26)27/h13-17,33H,1-12,25H2,(H,29,36)(H,30,37)(H,34,35)(H,40,41)(H4,26,27,28)/t13-,14-,15-,16-,17-/m0/s1. The molecule has 2 saturated heterocycles. The fraction of sp³-hybridized carbons (Fsp3) is 0.708. The lowest BCUT2D eigenvalue weighted by Gasteiger charge is -2.31. The van der Waals surface area contributed by atoms with E-state index in [2.05, 4.69) is 15.6 Å². The number of hydrogen-bond donors (Lipinski definition) is 8. The molecule has 2 aliphatic rings. The molecule has 2 aliphatic heterocycles. The molecule has 0 aromatic heterocycles. The van der Waals surface area contributed by atoms with Gasteiger partial charge < -0.3 is 53.0 Å². The van der Waals surface area contributed by atoms with Gasteiger partial charge in [-0.25, -0.2) is 4.79 Å². The number of aliphatic hydroxyl groups excluding tert-OH is 1. The van der Waals surface area contributed by atoms with E-state index in [0.717, 1.165) is 0 Å². The molecule has 0 unspecified atom stereocenters. The van der Waals surface area contributed by atoms with Crippen LogP contribution in [0.3, 0.4) is 0 Å². The van der Waals surface area contributed by atoms with E-state index in [1.54, 1.807) is 0 Å². The number of rotatable bonds is 15. The van der Waals surface area contributed by atoms with Crippen LogP contribution in [0.1, 0.15) is 51.4 Å². The van der Waals surface area contributed by atoms with Crippen molar-refractivity contribution in [2.45, 2.75) is 81.6 Å². The summed E-state index contributed by atoms with van der Waals surface area (Å²) in [5.74, 6) is -5.32. The second kappa shape index (κ2) is 15.7. The summed E-state index contributed by atoms with van der Waals surface area (Å²) < 4.78 is 0. The highest BCUT2D eigenvalue weighted by molar-refractivity contribution is 5.96. The number of aliphatic hydroxyl groups is 1. The van der Waals surface area contributed by atoms with E-state index in [4.69, 9.17) is 17.2 Å². The van der Waals surface area contributed by atoms with Gasteiger partial charge >= 0.3 is 11.9 Å². The minimum absolute atomic E-state index is 0.0341. The Bertz CT molecular complexity index is 1020. The molecule has 0 spiro atoms. The highest BCUT2D eigenvalue weighted by Gasteiger charge is 2.41. The number of carboxylic acids is 2. The normalized spacial score (nSPS) is 20.5. The number of guanidine groups is 1. The Labute approximate surface area is 236 Å². The molecule has 0 aliphatic carbocycles. The van der Waals surface area contributed by atoms with E-state index in [1.165, 1.54) is 9.80 Å². The van der Waals surface area contributed by atoms with Crippen molar-refractivity contribution in [1.82, 2.24) is 20.4 Å². The largest absolute Gasteiger partial charge is 0.481 e. The maximum atomic E-state index is 13.5. The number of nitrogens with zero attached hydrogens (tertiary/aromatic N) is 3. The molecule has 0 aromatic carbocycles. The molecule has 11 N–H and O–H groups in total. The molecule has 41 heavy (non-hydrogen) atoms. The van der Waals surface area contributed by atoms with Gasteiger partial charge in [-0.15, -0.1) is 0 Å². The number of nitrogens with one attached hydrogen (secondary N) is 2. The molecule has 5 atom stereocenters. The van der Waals surface area contributed by atoms with Gasteiger partial charge in [-0.1, -0.05) is 0 Å². The first-order chi connectivity index (χ1) is 19.4. The second-order valence-electron chi connectivity index (χ2n) is 10.0. The fourth-order valence-corrected chi connectivity index (χ4v) is 4.92. The van der Waals surface area contributed by atoms with Crippen LogP contribution in [0, 0.1) is 0 Å². The van der Waals surface area contributed by atoms with Crippen molar-refractivity contribution < 1.29 is 44.1 Å². The van der Waals surface area contributed by atoms with E-state index in [9.17, 15) is 44.1 Å². The van der Waals surface area contributed by atoms with Crippen LogP contribution in [0.5, 0.6) is 0 Å². The van der Waals surface area contributed by atoms with Gasteiger partial charge in [-0.05, 0) is 44.9 Å². The van der Waals surface area contributed by atoms with Crippen LogP contribution < -0.4 is 27.8 Å². The van der Waals surface area contributed by atoms with Crippen molar-refractivity contribution in [2.75, 3.05) is 26.2 Å². The Kier molecular flexibility index (Phi) is 12.7. The molecule has 2 heterocycles. The third kappa shape index (κ3) is 9.56. The van der Waals surface area contributed by atoms with Crippen molar-refractivity contribution in [3.8, 4) is 0 Å². The lowest BCUT2D eigenvalue weighted by molar-refractivity contribution is -0.146. The Hall–Kier alpha value is -3.99. The summed E-state index contributed by atoms with van der Waals surface area (Å²) in [6.45, 7) is -0.0842. The fourth-order valence-electron chi connectivity index (χ4n) is 4.92. The smallest absolute Gasteiger partial charge is 0.326 e. The van der Waals surface area contributed by atoms with Crippen LogP contribution in [0.25, 0.3) is 0 Å². The van der Waals surface area contributed by atoms with Crippen molar-refractivity contribution >= 4 is 41.5 Å². The zero-order chi connectivity index (χ0) is 30.7. The summed E-state index contributed by atoms with van der Waals surface area (Å²) in [5, 5.41) is 32.9. The van der Waals surface area contributed by atoms with Crippen molar-refractivity contribution in [3.05, 3.63) is 0 Å². The zero-order valence-corrected chi connectivity index (χ0v) is 22.7. The maximum absolute atomic E-state index is 13.5. The van der Waals surface area contributed by atoms with Gasteiger partial charge in [0.15, 0.2) is 5.96 Å². The topological polar surface area (TPSA) is 284 Å². The Morgan fingerprint density at radius 2 is 1.39 bits per heavy atom. The monoisotopic (exact) mass is 584 g/mol. The molecule has 17 heteroatoms. The predicted octanol–water partition coefficient (Wildman–Crippen LogP) is -3.74. The Balaban J connectivity index is 2.14. The second-order valence-corrected chi connectivity index (χ2v) is 10.0. The average Bonchev–Trinajstić information content (AvgIpc) is 3.61. The molecule has 0 bridgehead atoms. The minimum atomic E-state index is -1.31. The average molecular weight is 585 g/mol. The molecule has 0 radical (unpaired) electrons. The van der Waals surface area contributed by atoms with Crippen molar-refractivity contribution in [3.63, 3.8) is 0 Å². The number of hydrogen-bond acceptors (Lipinski definition) is 9. The summed E-state index contributed by atoms with van der Waals surface area (Å²) in [4.78, 5) is 81.4. The van der Waals surface area contributed by atoms with E-state index in [-0.39, 0.29) is 57.7 Å². The van der Waals surface area contributed by atoms with Crippen LogP contribution in [-0.2, 0) is 28.8 Å². The van der Waals surface area contributed by atoms with Gasteiger partial charge in [-0.2, -0.15) is 0 Å². The molecule has 4 amide bonds. The molecule has 0 saturated carbocycles. The number of carbonyl (C=O) groups excluding carboxylic acids is 4. The number of nitrogens with two attached hydrogens (primary N) is 3. The van der Waals surface area contributed by atoms with Gasteiger partial charge in [0.2, 0.25) is 23.6 Å². The number of likely N-dealkylation sites (tertiary alicyclic amines) is 2. The van der Waals surface area contributed by atoms with Gasteiger partial charge in [0, 0.05) is 26.1 Å². The predicted molar refractivity (Wildman–Crippen MR) is 143 cm³/mol. The van der Waals surface area contributed by atoms with E-state index in [1.807, 2.05) is 0 Å². The van der Waals surface area contributed by atoms with Crippen LogP contribution in [0.2, 0.25) is 0 Å². The summed E-state index contributed by atoms with van der Waals surface area (Å²) >= 11 is 0. The minimum Gasteiger partial charge on any atom is -0.481 e. The number of carbonyl (C=O) groups is 6. The molecule has 2 fully saturated rings. The Morgan fingerprint density at radius 1 is 0.854 bits per heavy atom. The maximum Gasteiger partial charge on any atom is 0.326 e. The van der Waals surface area contributed by atoms with Crippen LogP contribution >= 0.6 is 0 Å². The first kappa shape index (κ1) is 33.2. The van der Waals surface area contributed by atoms with Crippen LogP contribution in [0.4, 0.5) is 0 Å². The highest BCUT2D eigenvalue weighted by atomic mass is 16.4. The summed E-state index contributed by atoms with van der Waals surface area (Å²) in [7, 11) is 0. The third-order valence-corrected chi connectivity index (χ3v) is 7.01. The number of aliphatic carboxylic acids is 2. The van der Waals surface area contributed by atoms with Gasteiger partial charge in [0.25, 0.3) is 0 Å². The van der Waals surface area contributed by atoms with E-state index < -0.39 is 78.8 Å². The summed E-state index contributed by atoms with van der Waals surface area (Å²) in [5.41, 5.74) is 16.1. The summed E-state index contributed by atoms with van der Waals surface area (Å²) in [6.07, 6.45) is 1.01. The van der Waals surface area contributed by atoms with Gasteiger partial charge in [-0.3, -0.25) is 29.0 Å². The molecule has 0 aromatic rings. The van der Waals surface area contributed by atoms with Gasteiger partial charge in [0.1, 0.15) is 30.2 Å². The first-order valence-electron chi connectivity index (χ1n) is 13.5. The lowest BCUT2D eigenvalue weighted by Crippen LogP contribution is -2.58. The quantitative estimate of drug-likeness (QED) is 0.0523. The number of carboxylic acid groups (broad SMARTS) is 2. The molecule has 17 nitrogen and oxygen atoms in total. The molecular formula is C24H40N8O9. The van der Waals surface area contributed by atoms with E-state index >= 15 is 0 Å². The van der Waals surface area contributed by atoms with E-state index in [0.29, 0.717) is 12.8 Å². The highest BCUT2D eigenvalue weighted by Crippen LogP contribution is 2.22. The van der Waals surface area contributed by atoms with Crippen LogP contribution in [0.15, 0.2) is 4.99 Å². The number of amides is 4. The van der Waals surface area contributed by atoms with Crippen molar-refractivity contribution in [1.29, 1.82) is 0 Å². The molecular weight excluding hydrogens is 544 g/mol. The summed E-state index contributed by atoms with van der Waals surface area (Å²) in [6, 6.07) is -5.77. The van der Waals surface area contributed by atoms with Crippen molar-refractivity contribution in [2.24, 2.45) is 22.2 Å². The lowest BCUT2D eigenvalue weighted by atomic mass is 10.1. The SMILES string of the molecule is NC(N)=NCCC[C@H](NC(=O)[C@@H]1CCCN1C(=O)[C@H](CCC(=O)O)NC(=O)[C@@H]1CCCN1C(=O)[C@@H](N)CO)C(=O)O.